The van der Waals surface area contributed by atoms with Crippen LogP contribution in [0.15, 0.2) is 24.3 Å². The molecule has 3 heteroatoms. The van der Waals surface area contributed by atoms with Gasteiger partial charge in [-0.15, -0.1) is 0 Å². The second-order valence-corrected chi connectivity index (χ2v) is 6.22. The van der Waals surface area contributed by atoms with Crippen LogP contribution in [-0.2, 0) is 0 Å². The van der Waals surface area contributed by atoms with Gasteiger partial charge in [-0.1, -0.05) is 25.0 Å². The fourth-order valence-corrected chi connectivity index (χ4v) is 3.66. The molecule has 0 bridgehead atoms. The molecule has 0 aromatic heterocycles. The van der Waals surface area contributed by atoms with E-state index in [1.807, 2.05) is 0 Å². The standard InChI is InChI=1S/C16H25N3/c1-18(2)14-7-3-4-8-15(14)19-12-11-17-16(13-19)9-5-6-10-16/h3-4,7-8,17H,5-6,9-13H2,1-2H3. The van der Waals surface area contributed by atoms with Crippen LogP contribution in [0.1, 0.15) is 25.7 Å². The second kappa shape index (κ2) is 5.04. The normalized spacial score (nSPS) is 21.9. The Kier molecular flexibility index (Phi) is 3.40. The quantitative estimate of drug-likeness (QED) is 0.880. The number of piperazine rings is 1. The van der Waals surface area contributed by atoms with E-state index in [0.29, 0.717) is 5.54 Å². The molecule has 104 valence electrons. The molecule has 1 spiro atoms. The fraction of sp³-hybridized carbons (Fsp3) is 0.625. The molecule has 2 fully saturated rings. The monoisotopic (exact) mass is 259 g/mol. The minimum atomic E-state index is 0.387. The first-order valence-electron chi connectivity index (χ1n) is 7.47. The Morgan fingerprint density at radius 1 is 1.16 bits per heavy atom. The number of hydrogen-bond donors (Lipinski definition) is 1. The molecular formula is C16H25N3. The summed E-state index contributed by atoms with van der Waals surface area (Å²) in [7, 11) is 4.26. The number of nitrogens with one attached hydrogen (secondary N) is 1. The van der Waals surface area contributed by atoms with Crippen molar-refractivity contribution in [2.24, 2.45) is 0 Å². The molecule has 1 aliphatic carbocycles. The van der Waals surface area contributed by atoms with Crippen molar-refractivity contribution in [3.05, 3.63) is 24.3 Å². The van der Waals surface area contributed by atoms with Crippen LogP contribution in [0.4, 0.5) is 11.4 Å². The number of anilines is 2. The van der Waals surface area contributed by atoms with Crippen molar-refractivity contribution in [2.45, 2.75) is 31.2 Å². The molecule has 19 heavy (non-hydrogen) atoms. The van der Waals surface area contributed by atoms with Crippen LogP contribution in [-0.4, -0.2) is 39.3 Å². The number of nitrogens with zero attached hydrogens (tertiary/aromatic N) is 2. The third-order valence-corrected chi connectivity index (χ3v) is 4.64. The van der Waals surface area contributed by atoms with Crippen molar-refractivity contribution in [3.63, 3.8) is 0 Å². The van der Waals surface area contributed by atoms with Crippen LogP contribution >= 0.6 is 0 Å². The van der Waals surface area contributed by atoms with Gasteiger partial charge in [-0.05, 0) is 25.0 Å². The number of para-hydroxylation sites is 2. The van der Waals surface area contributed by atoms with Gasteiger partial charge in [0.1, 0.15) is 0 Å². The second-order valence-electron chi connectivity index (χ2n) is 6.22. The fourth-order valence-electron chi connectivity index (χ4n) is 3.66. The molecule has 0 amide bonds. The highest BCUT2D eigenvalue weighted by Crippen LogP contribution is 2.36. The third-order valence-electron chi connectivity index (χ3n) is 4.64. The van der Waals surface area contributed by atoms with Crippen molar-refractivity contribution in [1.82, 2.24) is 5.32 Å². The smallest absolute Gasteiger partial charge is 0.0604 e. The van der Waals surface area contributed by atoms with Crippen LogP contribution in [0, 0.1) is 0 Å². The van der Waals surface area contributed by atoms with Crippen LogP contribution in [0.3, 0.4) is 0 Å². The summed E-state index contributed by atoms with van der Waals surface area (Å²) in [6.45, 7) is 3.40. The summed E-state index contributed by atoms with van der Waals surface area (Å²) < 4.78 is 0. The minimum Gasteiger partial charge on any atom is -0.376 e. The summed E-state index contributed by atoms with van der Waals surface area (Å²) in [5, 5.41) is 3.79. The highest BCUT2D eigenvalue weighted by atomic mass is 15.2. The van der Waals surface area contributed by atoms with Gasteiger partial charge in [-0.25, -0.2) is 0 Å². The lowest BCUT2D eigenvalue weighted by molar-refractivity contribution is 0.304. The van der Waals surface area contributed by atoms with E-state index in [2.05, 4.69) is 53.5 Å². The summed E-state index contributed by atoms with van der Waals surface area (Å²) >= 11 is 0. The largest absolute Gasteiger partial charge is 0.376 e. The molecule has 1 aromatic rings. The predicted octanol–water partition coefficient (Wildman–Crippen LogP) is 2.48. The SMILES string of the molecule is CN(C)c1ccccc1N1CCNC2(CCCC2)C1. The summed E-state index contributed by atoms with van der Waals surface area (Å²) in [6, 6.07) is 8.78. The third kappa shape index (κ3) is 2.44. The van der Waals surface area contributed by atoms with Crippen molar-refractivity contribution in [3.8, 4) is 0 Å². The number of benzene rings is 1. The predicted molar refractivity (Wildman–Crippen MR) is 82.2 cm³/mol. The zero-order chi connectivity index (χ0) is 13.3. The molecule has 0 atom stereocenters. The lowest BCUT2D eigenvalue weighted by Gasteiger charge is -2.43. The van der Waals surface area contributed by atoms with Gasteiger partial charge in [-0.2, -0.15) is 0 Å². The molecule has 3 rings (SSSR count). The Bertz CT molecular complexity index is 435. The first-order valence-corrected chi connectivity index (χ1v) is 7.47. The first kappa shape index (κ1) is 12.8. The Morgan fingerprint density at radius 2 is 1.89 bits per heavy atom. The first-order chi connectivity index (χ1) is 9.20. The molecule has 0 unspecified atom stereocenters. The molecule has 0 radical (unpaired) electrons. The summed E-state index contributed by atoms with van der Waals surface area (Å²) in [6.07, 6.45) is 5.45. The molecule has 1 heterocycles. The van der Waals surface area contributed by atoms with E-state index >= 15 is 0 Å². The van der Waals surface area contributed by atoms with Gasteiger partial charge >= 0.3 is 0 Å². The van der Waals surface area contributed by atoms with E-state index in [1.165, 1.54) is 37.1 Å². The topological polar surface area (TPSA) is 18.5 Å². The van der Waals surface area contributed by atoms with E-state index in [0.717, 1.165) is 19.6 Å². The van der Waals surface area contributed by atoms with Crippen molar-refractivity contribution in [2.75, 3.05) is 43.5 Å². The average Bonchev–Trinajstić information content (AvgIpc) is 2.86. The van der Waals surface area contributed by atoms with E-state index < -0.39 is 0 Å². The van der Waals surface area contributed by atoms with Crippen LogP contribution in [0.2, 0.25) is 0 Å². The highest BCUT2D eigenvalue weighted by Gasteiger charge is 2.38. The lowest BCUT2D eigenvalue weighted by atomic mass is 9.94. The van der Waals surface area contributed by atoms with Gasteiger partial charge in [-0.3, -0.25) is 0 Å². The van der Waals surface area contributed by atoms with Crippen molar-refractivity contribution >= 4 is 11.4 Å². The van der Waals surface area contributed by atoms with E-state index in [1.54, 1.807) is 0 Å². The number of hydrogen-bond acceptors (Lipinski definition) is 3. The van der Waals surface area contributed by atoms with Crippen LogP contribution in [0.25, 0.3) is 0 Å². The molecular weight excluding hydrogens is 234 g/mol. The maximum absolute atomic E-state index is 3.79. The van der Waals surface area contributed by atoms with E-state index in [-0.39, 0.29) is 0 Å². The Balaban J connectivity index is 1.85. The van der Waals surface area contributed by atoms with Crippen molar-refractivity contribution in [1.29, 1.82) is 0 Å². The zero-order valence-electron chi connectivity index (χ0n) is 12.2. The summed E-state index contributed by atoms with van der Waals surface area (Å²) in [5.74, 6) is 0. The maximum Gasteiger partial charge on any atom is 0.0604 e. The average molecular weight is 259 g/mol. The summed E-state index contributed by atoms with van der Waals surface area (Å²) in [5.41, 5.74) is 3.11. The molecule has 1 aromatic carbocycles. The molecule has 1 aliphatic heterocycles. The van der Waals surface area contributed by atoms with Gasteiger partial charge in [0.15, 0.2) is 0 Å². The van der Waals surface area contributed by atoms with Gasteiger partial charge in [0, 0.05) is 39.3 Å². The van der Waals surface area contributed by atoms with Gasteiger partial charge in [0.25, 0.3) is 0 Å². The number of rotatable bonds is 2. The van der Waals surface area contributed by atoms with Crippen LogP contribution < -0.4 is 15.1 Å². The molecule has 1 saturated carbocycles. The lowest BCUT2D eigenvalue weighted by Crippen LogP contribution is -2.59. The minimum absolute atomic E-state index is 0.387. The molecule has 2 aliphatic rings. The van der Waals surface area contributed by atoms with Crippen molar-refractivity contribution < 1.29 is 0 Å². The molecule has 3 nitrogen and oxygen atoms in total. The Hall–Kier alpha value is -1.22. The Morgan fingerprint density at radius 3 is 2.63 bits per heavy atom. The van der Waals surface area contributed by atoms with Gasteiger partial charge < -0.3 is 15.1 Å². The maximum atomic E-state index is 3.79. The van der Waals surface area contributed by atoms with E-state index in [9.17, 15) is 0 Å². The van der Waals surface area contributed by atoms with Gasteiger partial charge in [0.05, 0.1) is 11.4 Å². The zero-order valence-corrected chi connectivity index (χ0v) is 12.2. The Labute approximate surface area is 116 Å². The van der Waals surface area contributed by atoms with Crippen LogP contribution in [0.5, 0.6) is 0 Å². The van der Waals surface area contributed by atoms with Gasteiger partial charge in [0.2, 0.25) is 0 Å². The molecule has 1 saturated heterocycles. The van der Waals surface area contributed by atoms with E-state index in [4.69, 9.17) is 0 Å². The highest BCUT2D eigenvalue weighted by molar-refractivity contribution is 5.71. The molecule has 1 N–H and O–H groups in total. The summed E-state index contributed by atoms with van der Waals surface area (Å²) in [4.78, 5) is 4.80.